The van der Waals surface area contributed by atoms with E-state index in [1.54, 1.807) is 0 Å². The lowest BCUT2D eigenvalue weighted by Gasteiger charge is -2.10. The monoisotopic (exact) mass is 281 g/mol. The second-order valence-electron chi connectivity index (χ2n) is 4.54. The van der Waals surface area contributed by atoms with Crippen LogP contribution in [0.4, 0.5) is 13.2 Å². The van der Waals surface area contributed by atoms with Crippen molar-refractivity contribution in [2.45, 2.75) is 25.6 Å². The summed E-state index contributed by atoms with van der Waals surface area (Å²) in [6, 6.07) is 11.4. The molecule has 1 heterocycles. The third-order valence-electron chi connectivity index (χ3n) is 3.02. The van der Waals surface area contributed by atoms with E-state index < -0.39 is 17.3 Å². The van der Waals surface area contributed by atoms with E-state index >= 15 is 0 Å². The molecule has 0 saturated carbocycles. The van der Waals surface area contributed by atoms with Gasteiger partial charge < -0.3 is 4.57 Å². The predicted octanol–water partition coefficient (Wildman–Crippen LogP) is 3.50. The van der Waals surface area contributed by atoms with Crippen molar-refractivity contribution in [3.8, 4) is 0 Å². The number of aryl methyl sites for hydroxylation is 2. The number of benzene rings is 1. The molecule has 5 heteroatoms. The van der Waals surface area contributed by atoms with E-state index in [-0.39, 0.29) is 6.54 Å². The minimum Gasteiger partial charge on any atom is -0.315 e. The van der Waals surface area contributed by atoms with Gasteiger partial charge in [-0.3, -0.25) is 4.79 Å². The zero-order chi connectivity index (χ0) is 14.6. The van der Waals surface area contributed by atoms with Crippen molar-refractivity contribution in [2.75, 3.05) is 0 Å². The Morgan fingerprint density at radius 3 is 2.35 bits per heavy atom. The topological polar surface area (TPSA) is 22.0 Å². The summed E-state index contributed by atoms with van der Waals surface area (Å²) in [5, 5.41) is 0. The molecule has 0 aliphatic heterocycles. The summed E-state index contributed by atoms with van der Waals surface area (Å²) in [4.78, 5) is 11.5. The highest BCUT2D eigenvalue weighted by atomic mass is 19.4. The molecule has 0 aliphatic rings. The molecular formula is C15H14F3NO. The van der Waals surface area contributed by atoms with Crippen molar-refractivity contribution in [1.29, 1.82) is 0 Å². The van der Waals surface area contributed by atoms with Crippen LogP contribution in [0.2, 0.25) is 0 Å². The summed E-state index contributed by atoms with van der Waals surface area (Å²) in [6.45, 7) is 0.275. The second kappa shape index (κ2) is 5.94. The van der Waals surface area contributed by atoms with Crippen LogP contribution in [-0.2, 0) is 19.1 Å². The first-order chi connectivity index (χ1) is 9.47. The van der Waals surface area contributed by atoms with Gasteiger partial charge in [-0.2, -0.15) is 13.2 Å². The summed E-state index contributed by atoms with van der Waals surface area (Å²) in [5.74, 6) is 0. The smallest absolute Gasteiger partial charge is 0.315 e. The molecule has 2 nitrogen and oxygen atoms in total. The molecule has 0 spiro atoms. The third kappa shape index (κ3) is 3.73. The van der Waals surface area contributed by atoms with E-state index in [4.69, 9.17) is 0 Å². The van der Waals surface area contributed by atoms with E-state index in [0.717, 1.165) is 34.9 Å². The van der Waals surface area contributed by atoms with E-state index in [1.165, 1.54) is 0 Å². The zero-order valence-corrected chi connectivity index (χ0v) is 10.7. The largest absolute Gasteiger partial charge is 0.417 e. The summed E-state index contributed by atoms with van der Waals surface area (Å²) in [6.07, 6.45) is -2.20. The Bertz CT molecular complexity index is 617. The molecule has 0 atom stereocenters. The van der Waals surface area contributed by atoms with Crippen LogP contribution in [0.15, 0.2) is 53.5 Å². The first-order valence-electron chi connectivity index (χ1n) is 6.28. The zero-order valence-electron chi connectivity index (χ0n) is 10.7. The van der Waals surface area contributed by atoms with Crippen LogP contribution in [0.25, 0.3) is 0 Å². The van der Waals surface area contributed by atoms with Gasteiger partial charge in [0.05, 0.1) is 5.56 Å². The molecule has 0 N–H and O–H groups in total. The highest BCUT2D eigenvalue weighted by molar-refractivity contribution is 5.15. The molecule has 1 aromatic heterocycles. The Kier molecular flexibility index (Phi) is 4.27. The van der Waals surface area contributed by atoms with Crippen LogP contribution in [0, 0.1) is 0 Å². The number of alkyl halides is 3. The van der Waals surface area contributed by atoms with Crippen LogP contribution in [-0.4, -0.2) is 4.57 Å². The minimum atomic E-state index is -4.42. The van der Waals surface area contributed by atoms with Gasteiger partial charge in [0, 0.05) is 18.8 Å². The number of rotatable bonds is 4. The Morgan fingerprint density at radius 1 is 1.00 bits per heavy atom. The summed E-state index contributed by atoms with van der Waals surface area (Å²) < 4.78 is 38.8. The molecule has 0 amide bonds. The number of pyridine rings is 1. The average molecular weight is 281 g/mol. The van der Waals surface area contributed by atoms with Gasteiger partial charge in [0.1, 0.15) is 0 Å². The molecule has 2 aromatic rings. The van der Waals surface area contributed by atoms with Crippen molar-refractivity contribution in [3.63, 3.8) is 0 Å². The van der Waals surface area contributed by atoms with Crippen molar-refractivity contribution >= 4 is 0 Å². The highest BCUT2D eigenvalue weighted by Gasteiger charge is 2.30. The predicted molar refractivity (Wildman–Crippen MR) is 70.5 cm³/mol. The lowest BCUT2D eigenvalue weighted by molar-refractivity contribution is -0.138. The van der Waals surface area contributed by atoms with Crippen LogP contribution >= 0.6 is 0 Å². The molecule has 0 radical (unpaired) electrons. The number of hydrogen-bond donors (Lipinski definition) is 0. The number of hydrogen-bond acceptors (Lipinski definition) is 1. The maximum absolute atomic E-state index is 12.6. The van der Waals surface area contributed by atoms with Crippen LogP contribution < -0.4 is 5.56 Å². The van der Waals surface area contributed by atoms with Crippen molar-refractivity contribution in [2.24, 2.45) is 0 Å². The second-order valence-corrected chi connectivity index (χ2v) is 4.54. The Balaban J connectivity index is 2.04. The molecule has 0 bridgehead atoms. The molecule has 2 rings (SSSR count). The normalized spacial score (nSPS) is 11.6. The fourth-order valence-electron chi connectivity index (χ4n) is 1.97. The van der Waals surface area contributed by atoms with Gasteiger partial charge in [-0.1, -0.05) is 30.3 Å². The quantitative estimate of drug-likeness (QED) is 0.840. The maximum Gasteiger partial charge on any atom is 0.417 e. The SMILES string of the molecule is O=c1ccc(C(F)(F)F)cn1CCCc1ccccc1. The van der Waals surface area contributed by atoms with Crippen molar-refractivity contribution in [3.05, 3.63) is 70.1 Å². The van der Waals surface area contributed by atoms with Crippen LogP contribution in [0.1, 0.15) is 17.5 Å². The number of halogens is 3. The first kappa shape index (κ1) is 14.4. The van der Waals surface area contributed by atoms with E-state index in [0.29, 0.717) is 6.42 Å². The van der Waals surface area contributed by atoms with Crippen LogP contribution in [0.5, 0.6) is 0 Å². The molecule has 20 heavy (non-hydrogen) atoms. The van der Waals surface area contributed by atoms with E-state index in [1.807, 2.05) is 30.3 Å². The number of nitrogens with zero attached hydrogens (tertiary/aromatic N) is 1. The molecule has 106 valence electrons. The molecule has 0 aliphatic carbocycles. The molecule has 0 fully saturated rings. The fourth-order valence-corrected chi connectivity index (χ4v) is 1.97. The summed E-state index contributed by atoms with van der Waals surface area (Å²) >= 11 is 0. The number of aromatic nitrogens is 1. The molecule has 0 unspecified atom stereocenters. The van der Waals surface area contributed by atoms with Gasteiger partial charge in [-0.25, -0.2) is 0 Å². The van der Waals surface area contributed by atoms with Gasteiger partial charge >= 0.3 is 6.18 Å². The Labute approximate surface area is 114 Å². The van der Waals surface area contributed by atoms with Gasteiger partial charge in [0.2, 0.25) is 0 Å². The Hall–Kier alpha value is -2.04. The Morgan fingerprint density at radius 2 is 1.70 bits per heavy atom. The van der Waals surface area contributed by atoms with Crippen molar-refractivity contribution in [1.82, 2.24) is 4.57 Å². The molecular weight excluding hydrogens is 267 g/mol. The first-order valence-corrected chi connectivity index (χ1v) is 6.28. The maximum atomic E-state index is 12.6. The lowest BCUT2D eigenvalue weighted by atomic mass is 10.1. The van der Waals surface area contributed by atoms with E-state index in [2.05, 4.69) is 0 Å². The van der Waals surface area contributed by atoms with Crippen molar-refractivity contribution < 1.29 is 13.2 Å². The highest BCUT2D eigenvalue weighted by Crippen LogP contribution is 2.28. The van der Waals surface area contributed by atoms with Gasteiger partial charge in [0.25, 0.3) is 5.56 Å². The fraction of sp³-hybridized carbons (Fsp3) is 0.267. The van der Waals surface area contributed by atoms with Crippen LogP contribution in [0.3, 0.4) is 0 Å². The average Bonchev–Trinajstić information content (AvgIpc) is 2.41. The van der Waals surface area contributed by atoms with Gasteiger partial charge in [-0.05, 0) is 24.5 Å². The lowest BCUT2D eigenvalue weighted by Crippen LogP contribution is -2.21. The minimum absolute atomic E-state index is 0.275. The van der Waals surface area contributed by atoms with E-state index in [9.17, 15) is 18.0 Å². The third-order valence-corrected chi connectivity index (χ3v) is 3.02. The summed E-state index contributed by atoms with van der Waals surface area (Å²) in [5.41, 5.74) is -0.101. The van der Waals surface area contributed by atoms with Gasteiger partial charge in [-0.15, -0.1) is 0 Å². The summed E-state index contributed by atoms with van der Waals surface area (Å²) in [7, 11) is 0. The molecule has 0 saturated heterocycles. The molecule has 1 aromatic carbocycles. The van der Waals surface area contributed by atoms with Gasteiger partial charge in [0.15, 0.2) is 0 Å². The standard InChI is InChI=1S/C15H14F3NO/c16-15(17,18)13-8-9-14(20)19(11-13)10-4-7-12-5-2-1-3-6-12/h1-3,5-6,8-9,11H,4,7,10H2.